The molecule has 0 bridgehead atoms. The maximum Gasteiger partial charge on any atom is 0.154 e. The Bertz CT molecular complexity index is 164. The zero-order valence-corrected chi connectivity index (χ0v) is 8.51. The third-order valence-corrected chi connectivity index (χ3v) is 2.47. The number of hydrogen-bond donors (Lipinski definition) is 1. The first-order valence-corrected chi connectivity index (χ1v) is 5.10. The molecule has 0 aliphatic carbocycles. The van der Waals surface area contributed by atoms with Crippen molar-refractivity contribution in [2.75, 3.05) is 19.8 Å². The van der Waals surface area contributed by atoms with Crippen molar-refractivity contribution in [2.45, 2.75) is 32.7 Å². The highest BCUT2D eigenvalue weighted by atomic mass is 16.5. The summed E-state index contributed by atoms with van der Waals surface area (Å²) in [5.41, 5.74) is 0. The molecular weight excluding hydrogens is 166 g/mol. The second-order valence-corrected chi connectivity index (χ2v) is 3.67. The van der Waals surface area contributed by atoms with E-state index in [1.54, 1.807) is 0 Å². The van der Waals surface area contributed by atoms with E-state index in [0.29, 0.717) is 12.4 Å². The van der Waals surface area contributed by atoms with Gasteiger partial charge in [0.2, 0.25) is 0 Å². The van der Waals surface area contributed by atoms with E-state index in [9.17, 15) is 4.79 Å². The van der Waals surface area contributed by atoms with Crippen LogP contribution in [0.1, 0.15) is 26.7 Å². The summed E-state index contributed by atoms with van der Waals surface area (Å²) >= 11 is 0. The number of nitrogens with one attached hydrogen (secondary N) is 1. The molecule has 1 aliphatic heterocycles. The molecule has 0 aromatic heterocycles. The third-order valence-electron chi connectivity index (χ3n) is 2.47. The van der Waals surface area contributed by atoms with Crippen molar-refractivity contribution in [3.05, 3.63) is 0 Å². The first kappa shape index (κ1) is 10.7. The van der Waals surface area contributed by atoms with E-state index in [2.05, 4.69) is 12.2 Å². The van der Waals surface area contributed by atoms with Crippen molar-refractivity contribution in [2.24, 2.45) is 5.92 Å². The summed E-state index contributed by atoms with van der Waals surface area (Å²) in [6.07, 6.45) is 2.05. The second kappa shape index (κ2) is 5.35. The van der Waals surface area contributed by atoms with E-state index >= 15 is 0 Å². The van der Waals surface area contributed by atoms with Crippen LogP contribution in [0, 0.1) is 5.92 Å². The van der Waals surface area contributed by atoms with Crippen molar-refractivity contribution in [3.8, 4) is 0 Å². The van der Waals surface area contributed by atoms with Crippen LogP contribution in [0.15, 0.2) is 0 Å². The molecule has 3 nitrogen and oxygen atoms in total. The summed E-state index contributed by atoms with van der Waals surface area (Å²) in [7, 11) is 0. The van der Waals surface area contributed by atoms with Crippen LogP contribution < -0.4 is 5.32 Å². The summed E-state index contributed by atoms with van der Waals surface area (Å²) in [5.74, 6) is 0.478. The zero-order valence-electron chi connectivity index (χ0n) is 8.51. The van der Waals surface area contributed by atoms with Crippen molar-refractivity contribution in [3.63, 3.8) is 0 Å². The molecule has 0 radical (unpaired) electrons. The maximum absolute atomic E-state index is 11.7. The Hall–Kier alpha value is -0.410. The van der Waals surface area contributed by atoms with Gasteiger partial charge in [-0.3, -0.25) is 4.79 Å². The minimum Gasteiger partial charge on any atom is -0.378 e. The lowest BCUT2D eigenvalue weighted by Crippen LogP contribution is -2.48. The molecule has 1 N–H and O–H groups in total. The van der Waals surface area contributed by atoms with Gasteiger partial charge in [0, 0.05) is 12.5 Å². The van der Waals surface area contributed by atoms with Gasteiger partial charge in [0.05, 0.1) is 19.3 Å². The van der Waals surface area contributed by atoms with E-state index in [-0.39, 0.29) is 12.0 Å². The molecule has 0 saturated carbocycles. The van der Waals surface area contributed by atoms with Gasteiger partial charge in [0.25, 0.3) is 0 Å². The van der Waals surface area contributed by atoms with E-state index in [4.69, 9.17) is 4.74 Å². The molecule has 13 heavy (non-hydrogen) atoms. The van der Waals surface area contributed by atoms with Gasteiger partial charge in [-0.1, -0.05) is 20.3 Å². The van der Waals surface area contributed by atoms with Gasteiger partial charge in [0.1, 0.15) is 0 Å². The predicted octanol–water partition coefficient (Wildman–Crippen LogP) is 0.980. The van der Waals surface area contributed by atoms with Gasteiger partial charge in [0.15, 0.2) is 5.78 Å². The average molecular weight is 185 g/mol. The molecule has 1 saturated heterocycles. The molecule has 2 atom stereocenters. The summed E-state index contributed by atoms with van der Waals surface area (Å²) in [6.45, 7) is 6.19. The lowest BCUT2D eigenvalue weighted by molar-refractivity contribution is -0.127. The monoisotopic (exact) mass is 185 g/mol. The highest BCUT2D eigenvalue weighted by Crippen LogP contribution is 2.10. The van der Waals surface area contributed by atoms with E-state index in [0.717, 1.165) is 26.0 Å². The summed E-state index contributed by atoms with van der Waals surface area (Å²) in [5, 5.41) is 3.18. The fourth-order valence-electron chi connectivity index (χ4n) is 1.67. The number of Topliss-reactive ketones (excluding diaryl/α,β-unsaturated/α-hetero) is 1. The van der Waals surface area contributed by atoms with Crippen LogP contribution in [0.2, 0.25) is 0 Å². The molecule has 1 aliphatic rings. The SMILES string of the molecule is CCCC(C)C(=O)C1COCCN1. The normalized spacial score (nSPS) is 25.5. The fraction of sp³-hybridized carbons (Fsp3) is 0.900. The average Bonchev–Trinajstić information content (AvgIpc) is 2.18. The second-order valence-electron chi connectivity index (χ2n) is 3.67. The Morgan fingerprint density at radius 2 is 2.46 bits per heavy atom. The maximum atomic E-state index is 11.7. The first-order valence-electron chi connectivity index (χ1n) is 5.10. The van der Waals surface area contributed by atoms with E-state index < -0.39 is 0 Å². The topological polar surface area (TPSA) is 38.3 Å². The van der Waals surface area contributed by atoms with E-state index in [1.165, 1.54) is 0 Å². The number of carbonyl (C=O) groups is 1. The third kappa shape index (κ3) is 3.08. The van der Waals surface area contributed by atoms with E-state index in [1.807, 2.05) is 6.92 Å². The van der Waals surface area contributed by atoms with Crippen LogP contribution in [0.4, 0.5) is 0 Å². The van der Waals surface area contributed by atoms with Crippen LogP contribution in [0.5, 0.6) is 0 Å². The van der Waals surface area contributed by atoms with Crippen LogP contribution in [-0.4, -0.2) is 31.6 Å². The molecule has 1 heterocycles. The molecule has 3 heteroatoms. The quantitative estimate of drug-likeness (QED) is 0.709. The minimum atomic E-state index is -0.0599. The lowest BCUT2D eigenvalue weighted by Gasteiger charge is -2.24. The van der Waals surface area contributed by atoms with Crippen LogP contribution >= 0.6 is 0 Å². The molecular formula is C10H19NO2. The molecule has 1 fully saturated rings. The molecule has 0 amide bonds. The van der Waals surface area contributed by atoms with Crippen molar-refractivity contribution < 1.29 is 9.53 Å². The van der Waals surface area contributed by atoms with Gasteiger partial charge in [-0.25, -0.2) is 0 Å². The summed E-state index contributed by atoms with van der Waals surface area (Å²) < 4.78 is 5.25. The van der Waals surface area contributed by atoms with Gasteiger partial charge in [-0.15, -0.1) is 0 Å². The Balaban J connectivity index is 2.36. The molecule has 0 spiro atoms. The Kier molecular flexibility index (Phi) is 4.39. The summed E-state index contributed by atoms with van der Waals surface area (Å²) in [6, 6.07) is -0.0599. The van der Waals surface area contributed by atoms with Crippen LogP contribution in [-0.2, 0) is 9.53 Å². The van der Waals surface area contributed by atoms with Crippen molar-refractivity contribution in [1.29, 1.82) is 0 Å². The molecule has 1 rings (SSSR count). The lowest BCUT2D eigenvalue weighted by atomic mass is 9.95. The number of morpholine rings is 1. The number of hydrogen-bond acceptors (Lipinski definition) is 3. The highest BCUT2D eigenvalue weighted by Gasteiger charge is 2.24. The largest absolute Gasteiger partial charge is 0.378 e. The number of ether oxygens (including phenoxy) is 1. The van der Waals surface area contributed by atoms with Gasteiger partial charge in [-0.2, -0.15) is 0 Å². The zero-order chi connectivity index (χ0) is 9.68. The van der Waals surface area contributed by atoms with Gasteiger partial charge in [-0.05, 0) is 6.42 Å². The Morgan fingerprint density at radius 3 is 3.00 bits per heavy atom. The number of rotatable bonds is 4. The number of ketones is 1. The van der Waals surface area contributed by atoms with Gasteiger partial charge >= 0.3 is 0 Å². The Morgan fingerprint density at radius 1 is 1.69 bits per heavy atom. The van der Waals surface area contributed by atoms with Crippen LogP contribution in [0.25, 0.3) is 0 Å². The smallest absolute Gasteiger partial charge is 0.154 e. The fourth-order valence-corrected chi connectivity index (χ4v) is 1.67. The molecule has 76 valence electrons. The molecule has 0 aromatic rings. The molecule has 2 unspecified atom stereocenters. The van der Waals surface area contributed by atoms with Crippen molar-refractivity contribution in [1.82, 2.24) is 5.32 Å². The summed E-state index contributed by atoms with van der Waals surface area (Å²) in [4.78, 5) is 11.7. The standard InChI is InChI=1S/C10H19NO2/c1-3-4-8(2)10(12)9-7-13-6-5-11-9/h8-9,11H,3-7H2,1-2H3. The first-order chi connectivity index (χ1) is 6.25. The van der Waals surface area contributed by atoms with Gasteiger partial charge < -0.3 is 10.1 Å². The molecule has 0 aromatic carbocycles. The van der Waals surface area contributed by atoms with Crippen molar-refractivity contribution >= 4 is 5.78 Å². The van der Waals surface area contributed by atoms with Crippen LogP contribution in [0.3, 0.4) is 0 Å². The Labute approximate surface area is 79.8 Å². The minimum absolute atomic E-state index is 0.0599. The highest BCUT2D eigenvalue weighted by molar-refractivity contribution is 5.86. The number of carbonyl (C=O) groups excluding carboxylic acids is 1. The predicted molar refractivity (Wildman–Crippen MR) is 51.7 cm³/mol.